The van der Waals surface area contributed by atoms with Crippen molar-refractivity contribution < 1.29 is 4.39 Å². The molecule has 3 rings (SSSR count). The highest BCUT2D eigenvalue weighted by Gasteiger charge is 2.25. The largest absolute Gasteiger partial charge is 0.292 e. The lowest BCUT2D eigenvalue weighted by atomic mass is 10.0. The third-order valence-electron chi connectivity index (χ3n) is 4.58. The molecule has 0 amide bonds. The van der Waals surface area contributed by atoms with Gasteiger partial charge in [-0.2, -0.15) is 0 Å². The van der Waals surface area contributed by atoms with Gasteiger partial charge in [-0.1, -0.05) is 30.3 Å². The molecular weight excluding hydrogens is 261 g/mol. The Morgan fingerprint density at radius 2 is 1.81 bits per heavy atom. The molecule has 0 N–H and O–H groups in total. The van der Waals surface area contributed by atoms with Gasteiger partial charge in [-0.3, -0.25) is 4.90 Å². The molecule has 1 fully saturated rings. The molecule has 0 bridgehead atoms. The summed E-state index contributed by atoms with van der Waals surface area (Å²) in [4.78, 5) is 2.51. The number of benzene rings is 2. The molecule has 1 aliphatic heterocycles. The zero-order chi connectivity index (χ0) is 14.8. The molecule has 1 aliphatic rings. The highest BCUT2D eigenvalue weighted by Crippen LogP contribution is 2.33. The van der Waals surface area contributed by atoms with Crippen molar-refractivity contribution >= 4 is 0 Å². The molecule has 0 radical (unpaired) electrons. The zero-order valence-electron chi connectivity index (χ0n) is 12.8. The molecule has 0 aliphatic carbocycles. The van der Waals surface area contributed by atoms with Crippen LogP contribution in [-0.4, -0.2) is 11.4 Å². The van der Waals surface area contributed by atoms with Gasteiger partial charge in [-0.05, 0) is 67.6 Å². The van der Waals surface area contributed by atoms with E-state index in [1.54, 1.807) is 12.1 Å². The first-order chi connectivity index (χ1) is 10.1. The fourth-order valence-electron chi connectivity index (χ4n) is 3.21. The van der Waals surface area contributed by atoms with Crippen LogP contribution in [0.5, 0.6) is 0 Å². The third-order valence-corrected chi connectivity index (χ3v) is 4.58. The van der Waals surface area contributed by atoms with Gasteiger partial charge in [-0.25, -0.2) is 4.39 Å². The number of halogens is 1. The quantitative estimate of drug-likeness (QED) is 0.783. The number of rotatable bonds is 3. The normalized spacial score (nSPS) is 19.1. The van der Waals surface area contributed by atoms with Crippen molar-refractivity contribution in [3.8, 4) is 0 Å². The molecule has 1 atom stereocenters. The van der Waals surface area contributed by atoms with Crippen molar-refractivity contribution in [3.63, 3.8) is 0 Å². The molecule has 1 heterocycles. The van der Waals surface area contributed by atoms with Gasteiger partial charge in [0, 0.05) is 12.6 Å². The predicted octanol–water partition coefficient (Wildman–Crippen LogP) is 4.78. The lowest BCUT2D eigenvalue weighted by Gasteiger charge is -2.25. The average molecular weight is 283 g/mol. The lowest BCUT2D eigenvalue weighted by molar-refractivity contribution is 0.248. The smallest absolute Gasteiger partial charge is 0.123 e. The zero-order valence-corrected chi connectivity index (χ0v) is 12.8. The minimum atomic E-state index is -0.155. The fourth-order valence-corrected chi connectivity index (χ4v) is 3.21. The molecule has 1 nitrogen and oxygen atoms in total. The van der Waals surface area contributed by atoms with Crippen molar-refractivity contribution in [2.75, 3.05) is 6.54 Å². The van der Waals surface area contributed by atoms with Crippen LogP contribution in [0.25, 0.3) is 0 Å². The van der Waals surface area contributed by atoms with E-state index in [4.69, 9.17) is 0 Å². The van der Waals surface area contributed by atoms with Crippen LogP contribution < -0.4 is 0 Å². The third kappa shape index (κ3) is 3.16. The first-order valence-corrected chi connectivity index (χ1v) is 7.69. The second-order valence-electron chi connectivity index (χ2n) is 6.10. The lowest BCUT2D eigenvalue weighted by Crippen LogP contribution is -2.22. The summed E-state index contributed by atoms with van der Waals surface area (Å²) in [6, 6.07) is 14.1. The van der Waals surface area contributed by atoms with Crippen LogP contribution in [-0.2, 0) is 6.54 Å². The number of hydrogen-bond acceptors (Lipinski definition) is 1. The van der Waals surface area contributed by atoms with Crippen LogP contribution in [0.1, 0.15) is 41.1 Å². The summed E-state index contributed by atoms with van der Waals surface area (Å²) < 4.78 is 13.1. The van der Waals surface area contributed by atoms with E-state index in [0.717, 1.165) is 19.5 Å². The average Bonchev–Trinajstić information content (AvgIpc) is 2.92. The van der Waals surface area contributed by atoms with Crippen molar-refractivity contribution in [3.05, 3.63) is 70.5 Å². The van der Waals surface area contributed by atoms with Crippen LogP contribution >= 0.6 is 0 Å². The number of nitrogens with zero attached hydrogens (tertiary/aromatic N) is 1. The molecule has 0 spiro atoms. The van der Waals surface area contributed by atoms with Gasteiger partial charge in [0.25, 0.3) is 0 Å². The Labute approximate surface area is 126 Å². The van der Waals surface area contributed by atoms with Gasteiger partial charge in [-0.15, -0.1) is 0 Å². The van der Waals surface area contributed by atoms with Crippen LogP contribution in [0, 0.1) is 19.7 Å². The summed E-state index contributed by atoms with van der Waals surface area (Å²) >= 11 is 0. The van der Waals surface area contributed by atoms with Gasteiger partial charge in [0.1, 0.15) is 5.82 Å². The van der Waals surface area contributed by atoms with E-state index < -0.39 is 0 Å². The molecule has 2 aromatic carbocycles. The Kier molecular flexibility index (Phi) is 4.07. The topological polar surface area (TPSA) is 3.24 Å². The SMILES string of the molecule is Cc1ccc(CN2CCC[C@@H]2c2ccc(F)cc2)cc1C. The van der Waals surface area contributed by atoms with E-state index in [0.29, 0.717) is 6.04 Å². The summed E-state index contributed by atoms with van der Waals surface area (Å²) in [5, 5.41) is 0. The first-order valence-electron chi connectivity index (χ1n) is 7.69. The Morgan fingerprint density at radius 3 is 2.52 bits per heavy atom. The van der Waals surface area contributed by atoms with Crippen LogP contribution in [0.4, 0.5) is 4.39 Å². The maximum Gasteiger partial charge on any atom is 0.123 e. The van der Waals surface area contributed by atoms with E-state index in [9.17, 15) is 4.39 Å². The van der Waals surface area contributed by atoms with Crippen molar-refractivity contribution in [2.24, 2.45) is 0 Å². The van der Waals surface area contributed by atoms with Crippen molar-refractivity contribution in [1.82, 2.24) is 4.90 Å². The summed E-state index contributed by atoms with van der Waals surface area (Å²) in [5.41, 5.74) is 5.30. The van der Waals surface area contributed by atoms with Crippen LogP contribution in [0.3, 0.4) is 0 Å². The van der Waals surface area contributed by atoms with Gasteiger partial charge in [0.05, 0.1) is 0 Å². The number of aryl methyl sites for hydroxylation is 2. The first kappa shape index (κ1) is 14.3. The molecule has 110 valence electrons. The van der Waals surface area contributed by atoms with Gasteiger partial charge >= 0.3 is 0 Å². The summed E-state index contributed by atoms with van der Waals surface area (Å²) in [5.74, 6) is -0.155. The van der Waals surface area contributed by atoms with Crippen LogP contribution in [0.2, 0.25) is 0 Å². The second-order valence-corrected chi connectivity index (χ2v) is 6.10. The van der Waals surface area contributed by atoms with Crippen molar-refractivity contribution in [2.45, 2.75) is 39.3 Å². The Morgan fingerprint density at radius 1 is 1.05 bits per heavy atom. The van der Waals surface area contributed by atoms with Gasteiger partial charge in [0.2, 0.25) is 0 Å². The molecule has 2 heteroatoms. The Hall–Kier alpha value is -1.67. The summed E-state index contributed by atoms with van der Waals surface area (Å²) in [6.45, 7) is 6.41. The fraction of sp³-hybridized carbons (Fsp3) is 0.368. The summed E-state index contributed by atoms with van der Waals surface area (Å²) in [6.07, 6.45) is 2.38. The van der Waals surface area contributed by atoms with Gasteiger partial charge in [0.15, 0.2) is 0 Å². The van der Waals surface area contributed by atoms with Crippen molar-refractivity contribution in [1.29, 1.82) is 0 Å². The minimum absolute atomic E-state index is 0.155. The van der Waals surface area contributed by atoms with E-state index >= 15 is 0 Å². The molecule has 2 aromatic rings. The van der Waals surface area contributed by atoms with Gasteiger partial charge < -0.3 is 0 Å². The monoisotopic (exact) mass is 283 g/mol. The maximum absolute atomic E-state index is 13.1. The molecule has 0 aromatic heterocycles. The molecule has 0 unspecified atom stereocenters. The molecule has 0 saturated carbocycles. The van der Waals surface area contributed by atoms with E-state index in [1.165, 1.54) is 28.7 Å². The second kappa shape index (κ2) is 5.98. The highest BCUT2D eigenvalue weighted by atomic mass is 19.1. The maximum atomic E-state index is 13.1. The predicted molar refractivity (Wildman–Crippen MR) is 84.7 cm³/mol. The number of hydrogen-bond donors (Lipinski definition) is 0. The van der Waals surface area contributed by atoms with E-state index in [1.807, 2.05) is 12.1 Å². The molecular formula is C19H22FN. The Bertz CT molecular complexity index is 618. The number of likely N-dealkylation sites (tertiary alicyclic amines) is 1. The summed E-state index contributed by atoms with van der Waals surface area (Å²) in [7, 11) is 0. The standard InChI is InChI=1S/C19H22FN/c1-14-5-6-16(12-15(14)2)13-21-11-3-4-19(21)17-7-9-18(20)10-8-17/h5-10,12,19H,3-4,11,13H2,1-2H3/t19-/m1/s1. The van der Waals surface area contributed by atoms with Crippen LogP contribution in [0.15, 0.2) is 42.5 Å². The molecule has 1 saturated heterocycles. The highest BCUT2D eigenvalue weighted by molar-refractivity contribution is 5.30. The molecule has 21 heavy (non-hydrogen) atoms. The Balaban J connectivity index is 1.77. The minimum Gasteiger partial charge on any atom is -0.292 e. The van der Waals surface area contributed by atoms with E-state index in [-0.39, 0.29) is 5.82 Å². The van der Waals surface area contributed by atoms with E-state index in [2.05, 4.69) is 36.9 Å².